The maximum atomic E-state index is 11.3. The first-order valence-electron chi connectivity index (χ1n) is 6.01. The highest BCUT2D eigenvalue weighted by molar-refractivity contribution is 6.72. The van der Waals surface area contributed by atoms with E-state index >= 15 is 0 Å². The SMILES string of the molecule is C=CC(=O)C[C@H](CC)CC(C)(C)[Si](C)(C)O. The lowest BCUT2D eigenvalue weighted by molar-refractivity contribution is -0.115. The number of hydrogen-bond acceptors (Lipinski definition) is 2. The van der Waals surface area contributed by atoms with Gasteiger partial charge in [0.1, 0.15) is 0 Å². The molecular formula is C13H26O2Si. The lowest BCUT2D eigenvalue weighted by atomic mass is 9.90. The van der Waals surface area contributed by atoms with Gasteiger partial charge in [0.2, 0.25) is 0 Å². The number of allylic oxidation sites excluding steroid dienone is 1. The molecule has 3 heteroatoms. The second-order valence-electron chi connectivity index (χ2n) is 5.80. The summed E-state index contributed by atoms with van der Waals surface area (Å²) in [5, 5.41) is -0.0465. The van der Waals surface area contributed by atoms with Crippen molar-refractivity contribution in [2.45, 2.75) is 58.2 Å². The molecular weight excluding hydrogens is 216 g/mol. The molecule has 0 saturated carbocycles. The summed E-state index contributed by atoms with van der Waals surface area (Å²) in [6, 6.07) is 0. The zero-order valence-corrected chi connectivity index (χ0v) is 12.3. The van der Waals surface area contributed by atoms with Gasteiger partial charge < -0.3 is 4.80 Å². The highest BCUT2D eigenvalue weighted by Gasteiger charge is 2.39. The van der Waals surface area contributed by atoms with Crippen LogP contribution in [0.15, 0.2) is 12.7 Å². The second-order valence-corrected chi connectivity index (χ2v) is 10.3. The fourth-order valence-corrected chi connectivity index (χ4v) is 2.49. The van der Waals surface area contributed by atoms with Gasteiger partial charge in [-0.15, -0.1) is 0 Å². The number of carbonyl (C=O) groups excluding carboxylic acids is 1. The molecule has 16 heavy (non-hydrogen) atoms. The van der Waals surface area contributed by atoms with E-state index in [0.29, 0.717) is 12.3 Å². The van der Waals surface area contributed by atoms with Gasteiger partial charge in [-0.1, -0.05) is 33.8 Å². The molecule has 0 aliphatic rings. The predicted molar refractivity (Wildman–Crippen MR) is 72.0 cm³/mol. The third kappa shape index (κ3) is 4.62. The third-order valence-electron chi connectivity index (χ3n) is 3.75. The van der Waals surface area contributed by atoms with Gasteiger partial charge in [0.15, 0.2) is 14.1 Å². The Morgan fingerprint density at radius 3 is 2.31 bits per heavy atom. The minimum Gasteiger partial charge on any atom is -0.432 e. The van der Waals surface area contributed by atoms with Crippen molar-refractivity contribution in [1.82, 2.24) is 0 Å². The topological polar surface area (TPSA) is 37.3 Å². The standard InChI is InChI=1S/C13H26O2Si/c1-7-11(9-12(14)8-2)10-13(3,4)16(5,6)15/h8,11,15H,2,7,9-10H2,1,3-6H3/t11-/m0/s1. The Kier molecular flexibility index (Phi) is 5.63. The minimum atomic E-state index is -2.16. The van der Waals surface area contributed by atoms with Crippen LogP contribution in [0, 0.1) is 5.92 Å². The Morgan fingerprint density at radius 1 is 1.50 bits per heavy atom. The molecule has 0 radical (unpaired) electrons. The summed E-state index contributed by atoms with van der Waals surface area (Å²) in [7, 11) is -2.16. The maximum Gasteiger partial charge on any atom is 0.188 e. The quantitative estimate of drug-likeness (QED) is 0.548. The number of carbonyl (C=O) groups is 1. The molecule has 0 heterocycles. The molecule has 0 rings (SSSR count). The van der Waals surface area contributed by atoms with Gasteiger partial charge in [-0.3, -0.25) is 4.79 Å². The zero-order chi connectivity index (χ0) is 13.0. The summed E-state index contributed by atoms with van der Waals surface area (Å²) in [5.74, 6) is 0.472. The summed E-state index contributed by atoms with van der Waals surface area (Å²) in [5.41, 5.74) is 0. The lowest BCUT2D eigenvalue weighted by Crippen LogP contribution is -2.40. The average Bonchev–Trinajstić information content (AvgIpc) is 2.14. The van der Waals surface area contributed by atoms with Gasteiger partial charge in [0.25, 0.3) is 0 Å². The first-order chi connectivity index (χ1) is 7.14. The van der Waals surface area contributed by atoms with E-state index in [4.69, 9.17) is 0 Å². The molecule has 0 aromatic carbocycles. The van der Waals surface area contributed by atoms with E-state index in [1.165, 1.54) is 6.08 Å². The summed E-state index contributed by atoms with van der Waals surface area (Å²) in [4.78, 5) is 21.6. The van der Waals surface area contributed by atoms with E-state index in [2.05, 4.69) is 27.4 Å². The Hall–Kier alpha value is -0.413. The van der Waals surface area contributed by atoms with Gasteiger partial charge in [0, 0.05) is 6.42 Å². The first kappa shape index (κ1) is 15.6. The van der Waals surface area contributed by atoms with Crippen LogP contribution in [0.5, 0.6) is 0 Å². The fourth-order valence-electron chi connectivity index (χ4n) is 1.70. The van der Waals surface area contributed by atoms with Gasteiger partial charge >= 0.3 is 0 Å². The number of rotatable bonds is 7. The van der Waals surface area contributed by atoms with Crippen LogP contribution in [-0.2, 0) is 4.79 Å². The smallest absolute Gasteiger partial charge is 0.188 e. The monoisotopic (exact) mass is 242 g/mol. The van der Waals surface area contributed by atoms with Crippen molar-refractivity contribution in [3.05, 3.63) is 12.7 Å². The van der Waals surface area contributed by atoms with E-state index in [1.54, 1.807) is 0 Å². The van der Waals surface area contributed by atoms with E-state index in [9.17, 15) is 9.59 Å². The molecule has 0 amide bonds. The lowest BCUT2D eigenvalue weighted by Gasteiger charge is -2.37. The van der Waals surface area contributed by atoms with Crippen molar-refractivity contribution < 1.29 is 9.59 Å². The van der Waals surface area contributed by atoms with Crippen LogP contribution in [-0.4, -0.2) is 18.9 Å². The molecule has 0 aliphatic carbocycles. The molecule has 0 saturated heterocycles. The Bertz CT molecular complexity index is 251. The molecule has 0 unspecified atom stereocenters. The summed E-state index contributed by atoms with van der Waals surface area (Å²) >= 11 is 0. The third-order valence-corrected chi connectivity index (χ3v) is 7.27. The molecule has 0 bridgehead atoms. The van der Waals surface area contributed by atoms with E-state index in [-0.39, 0.29) is 10.8 Å². The highest BCUT2D eigenvalue weighted by Crippen LogP contribution is 2.42. The second kappa shape index (κ2) is 5.78. The Labute approximate surface area is 101 Å². The molecule has 2 nitrogen and oxygen atoms in total. The normalized spacial score (nSPS) is 14.6. The van der Waals surface area contributed by atoms with E-state index in [0.717, 1.165) is 12.8 Å². The zero-order valence-electron chi connectivity index (χ0n) is 11.3. The highest BCUT2D eigenvalue weighted by atomic mass is 28.4. The van der Waals surface area contributed by atoms with Gasteiger partial charge in [-0.05, 0) is 36.5 Å². The molecule has 0 aromatic heterocycles. The van der Waals surface area contributed by atoms with Crippen molar-refractivity contribution in [1.29, 1.82) is 0 Å². The molecule has 1 atom stereocenters. The molecule has 1 N–H and O–H groups in total. The van der Waals surface area contributed by atoms with E-state index < -0.39 is 8.32 Å². The molecule has 0 aliphatic heterocycles. The molecule has 94 valence electrons. The van der Waals surface area contributed by atoms with Crippen LogP contribution >= 0.6 is 0 Å². The number of ketones is 1. The Balaban J connectivity index is 4.54. The van der Waals surface area contributed by atoms with Crippen molar-refractivity contribution in [2.75, 3.05) is 0 Å². The van der Waals surface area contributed by atoms with Gasteiger partial charge in [-0.2, -0.15) is 0 Å². The Morgan fingerprint density at radius 2 is 2.00 bits per heavy atom. The maximum absolute atomic E-state index is 11.3. The first-order valence-corrected chi connectivity index (χ1v) is 8.96. The van der Waals surface area contributed by atoms with Crippen molar-refractivity contribution in [3.8, 4) is 0 Å². The average molecular weight is 242 g/mol. The van der Waals surface area contributed by atoms with E-state index in [1.807, 2.05) is 13.1 Å². The summed E-state index contributed by atoms with van der Waals surface area (Å²) in [6.07, 6.45) is 3.86. The van der Waals surface area contributed by atoms with Crippen LogP contribution in [0.1, 0.15) is 40.0 Å². The van der Waals surface area contributed by atoms with Crippen LogP contribution in [0.3, 0.4) is 0 Å². The number of hydrogen-bond donors (Lipinski definition) is 1. The van der Waals surface area contributed by atoms with Crippen LogP contribution < -0.4 is 0 Å². The summed E-state index contributed by atoms with van der Waals surface area (Å²) < 4.78 is 0. The summed E-state index contributed by atoms with van der Waals surface area (Å²) in [6.45, 7) is 13.8. The molecule has 0 fully saturated rings. The molecule has 0 spiro atoms. The largest absolute Gasteiger partial charge is 0.432 e. The van der Waals surface area contributed by atoms with Gasteiger partial charge in [0.05, 0.1) is 0 Å². The molecule has 0 aromatic rings. The van der Waals surface area contributed by atoms with Crippen LogP contribution in [0.25, 0.3) is 0 Å². The van der Waals surface area contributed by atoms with Crippen LogP contribution in [0.4, 0.5) is 0 Å². The predicted octanol–water partition coefficient (Wildman–Crippen LogP) is 3.53. The van der Waals surface area contributed by atoms with Crippen molar-refractivity contribution in [3.63, 3.8) is 0 Å². The van der Waals surface area contributed by atoms with Crippen LogP contribution in [0.2, 0.25) is 18.1 Å². The fraction of sp³-hybridized carbons (Fsp3) is 0.769. The van der Waals surface area contributed by atoms with Crippen molar-refractivity contribution >= 4 is 14.1 Å². The van der Waals surface area contributed by atoms with Gasteiger partial charge in [-0.25, -0.2) is 0 Å². The van der Waals surface area contributed by atoms with Crippen molar-refractivity contribution in [2.24, 2.45) is 5.92 Å². The minimum absolute atomic E-state index is 0.0465.